The molecule has 3 aromatic carbocycles. The zero-order valence-electron chi connectivity index (χ0n) is 19.0. The largest absolute Gasteiger partial charge is 0.496 e. The molecule has 7 heteroatoms. The lowest BCUT2D eigenvalue weighted by atomic mass is 10.0. The lowest BCUT2D eigenvalue weighted by molar-refractivity contribution is -0.140. The first-order valence-corrected chi connectivity index (χ1v) is 11.2. The molecule has 3 N–H and O–H groups in total. The third-order valence-electron chi connectivity index (χ3n) is 6.24. The number of carbonyl (C=O) groups excluding carboxylic acids is 2. The lowest BCUT2D eigenvalue weighted by Crippen LogP contribution is -2.39. The van der Waals surface area contributed by atoms with Crippen molar-refractivity contribution in [2.45, 2.75) is 38.0 Å². The highest BCUT2D eigenvalue weighted by atomic mass is 16.5. The Morgan fingerprint density at radius 3 is 2.44 bits per heavy atom. The molecule has 0 saturated heterocycles. The lowest BCUT2D eigenvalue weighted by Gasteiger charge is -2.32. The summed E-state index contributed by atoms with van der Waals surface area (Å²) in [5.41, 5.74) is 6.35. The molecule has 7 nitrogen and oxygen atoms in total. The highest BCUT2D eigenvalue weighted by Crippen LogP contribution is 2.37. The van der Waals surface area contributed by atoms with Crippen molar-refractivity contribution in [2.75, 3.05) is 7.11 Å². The number of hydrogen-bond donors (Lipinski definition) is 3. The third-order valence-corrected chi connectivity index (χ3v) is 6.24. The van der Waals surface area contributed by atoms with Crippen molar-refractivity contribution in [3.8, 4) is 16.9 Å². The standard InChI is InChI=1S/C27H28N2O5/c1-34-24-9-5-4-7-21(24)19-12-10-18(11-13-19)17-29(26(32)15-14-25(31)28-33)27-22-8-3-2-6-20(22)16-23(27)30/h2-13,23,27,30,33H,14-17H2,1H3,(H,28,31)/t23-,27+/m1/s1. The Morgan fingerprint density at radius 1 is 1.00 bits per heavy atom. The van der Waals surface area contributed by atoms with Gasteiger partial charge in [0.2, 0.25) is 11.8 Å². The molecule has 4 rings (SSSR count). The molecule has 0 saturated carbocycles. The number of amides is 2. The smallest absolute Gasteiger partial charge is 0.243 e. The number of aliphatic hydroxyl groups excluding tert-OH is 1. The Balaban J connectivity index is 1.61. The number of nitrogens with zero attached hydrogens (tertiary/aromatic N) is 1. The molecule has 0 aliphatic heterocycles. The van der Waals surface area contributed by atoms with Crippen LogP contribution < -0.4 is 10.2 Å². The van der Waals surface area contributed by atoms with E-state index in [4.69, 9.17) is 9.94 Å². The van der Waals surface area contributed by atoms with Crippen LogP contribution in [0.15, 0.2) is 72.8 Å². The number of nitrogens with one attached hydrogen (secondary N) is 1. The van der Waals surface area contributed by atoms with E-state index in [0.717, 1.165) is 33.6 Å². The van der Waals surface area contributed by atoms with E-state index in [0.29, 0.717) is 6.42 Å². The highest BCUT2D eigenvalue weighted by Gasteiger charge is 2.37. The zero-order valence-corrected chi connectivity index (χ0v) is 19.0. The van der Waals surface area contributed by atoms with Gasteiger partial charge in [0.25, 0.3) is 0 Å². The van der Waals surface area contributed by atoms with Crippen LogP contribution in [0.1, 0.15) is 35.6 Å². The van der Waals surface area contributed by atoms with Crippen molar-refractivity contribution in [2.24, 2.45) is 0 Å². The SMILES string of the molecule is COc1ccccc1-c1ccc(CN(C(=O)CCC(=O)NO)[C@H]2c3ccccc3C[C@H]2O)cc1. The van der Waals surface area contributed by atoms with Gasteiger partial charge in [-0.25, -0.2) is 5.48 Å². The van der Waals surface area contributed by atoms with Gasteiger partial charge in [0.05, 0.1) is 19.3 Å². The van der Waals surface area contributed by atoms with Crippen LogP contribution >= 0.6 is 0 Å². The number of ether oxygens (including phenoxy) is 1. The topological polar surface area (TPSA) is 99.1 Å². The van der Waals surface area contributed by atoms with Crippen LogP contribution in [0.4, 0.5) is 0 Å². The van der Waals surface area contributed by atoms with Gasteiger partial charge in [-0.15, -0.1) is 0 Å². The fraction of sp³-hybridized carbons (Fsp3) is 0.259. The number of methoxy groups -OCH3 is 1. The minimum atomic E-state index is -0.735. The highest BCUT2D eigenvalue weighted by molar-refractivity contribution is 5.83. The molecule has 0 bridgehead atoms. The van der Waals surface area contributed by atoms with E-state index in [1.807, 2.05) is 72.8 Å². The van der Waals surface area contributed by atoms with E-state index in [2.05, 4.69) is 0 Å². The van der Waals surface area contributed by atoms with E-state index in [1.165, 1.54) is 0 Å². The molecule has 3 aromatic rings. The van der Waals surface area contributed by atoms with Crippen LogP contribution in [-0.2, 0) is 22.6 Å². The predicted molar refractivity (Wildman–Crippen MR) is 127 cm³/mol. The number of aliphatic hydroxyl groups is 1. The van der Waals surface area contributed by atoms with Gasteiger partial charge >= 0.3 is 0 Å². The average molecular weight is 461 g/mol. The normalized spacial score (nSPS) is 16.6. The number of rotatable bonds is 8. The molecule has 0 fully saturated rings. The number of fused-ring (bicyclic) bond motifs is 1. The van der Waals surface area contributed by atoms with Crippen molar-refractivity contribution in [1.82, 2.24) is 10.4 Å². The Bertz CT molecular complexity index is 1160. The summed E-state index contributed by atoms with van der Waals surface area (Å²) in [6.45, 7) is 0.280. The van der Waals surface area contributed by atoms with Gasteiger partial charge in [-0.05, 0) is 28.3 Å². The van der Waals surface area contributed by atoms with Crippen molar-refractivity contribution in [3.05, 3.63) is 89.5 Å². The van der Waals surface area contributed by atoms with Gasteiger partial charge in [0.1, 0.15) is 5.75 Å². The Morgan fingerprint density at radius 2 is 1.71 bits per heavy atom. The molecule has 2 atom stereocenters. The van der Waals surface area contributed by atoms with Gasteiger partial charge in [-0.2, -0.15) is 0 Å². The molecule has 2 amide bonds. The molecule has 1 aliphatic carbocycles. The van der Waals surface area contributed by atoms with Crippen molar-refractivity contribution >= 4 is 11.8 Å². The van der Waals surface area contributed by atoms with Crippen LogP contribution in [0.25, 0.3) is 11.1 Å². The summed E-state index contributed by atoms with van der Waals surface area (Å²) in [4.78, 5) is 26.4. The first-order chi connectivity index (χ1) is 16.5. The number of para-hydroxylation sites is 1. The molecule has 176 valence electrons. The minimum absolute atomic E-state index is 0.0723. The van der Waals surface area contributed by atoms with Crippen LogP contribution in [0.3, 0.4) is 0 Å². The number of hydroxylamine groups is 1. The number of carbonyl (C=O) groups is 2. The van der Waals surface area contributed by atoms with Crippen LogP contribution in [0.2, 0.25) is 0 Å². The van der Waals surface area contributed by atoms with E-state index in [1.54, 1.807) is 17.5 Å². The van der Waals surface area contributed by atoms with E-state index >= 15 is 0 Å². The summed E-state index contributed by atoms with van der Waals surface area (Å²) < 4.78 is 5.46. The maximum Gasteiger partial charge on any atom is 0.243 e. The van der Waals surface area contributed by atoms with Gasteiger partial charge in [0.15, 0.2) is 0 Å². The molecular weight excluding hydrogens is 432 g/mol. The van der Waals surface area contributed by atoms with Crippen LogP contribution in [0.5, 0.6) is 5.75 Å². The zero-order chi connectivity index (χ0) is 24.1. The molecule has 0 radical (unpaired) electrons. The second-order valence-corrected chi connectivity index (χ2v) is 8.37. The number of benzene rings is 3. The Kier molecular flexibility index (Phi) is 7.25. The molecular formula is C27H28N2O5. The summed E-state index contributed by atoms with van der Waals surface area (Å²) in [6, 6.07) is 22.8. The monoisotopic (exact) mass is 460 g/mol. The second-order valence-electron chi connectivity index (χ2n) is 8.37. The van der Waals surface area contributed by atoms with Crippen molar-refractivity contribution in [3.63, 3.8) is 0 Å². The molecule has 34 heavy (non-hydrogen) atoms. The van der Waals surface area contributed by atoms with Crippen molar-refractivity contribution in [1.29, 1.82) is 0 Å². The maximum absolute atomic E-state index is 13.2. The van der Waals surface area contributed by atoms with Gasteiger partial charge < -0.3 is 14.7 Å². The quantitative estimate of drug-likeness (QED) is 0.352. The van der Waals surface area contributed by atoms with E-state index < -0.39 is 18.1 Å². The van der Waals surface area contributed by atoms with E-state index in [9.17, 15) is 14.7 Å². The molecule has 0 spiro atoms. The van der Waals surface area contributed by atoms with Gasteiger partial charge in [0, 0.05) is 31.4 Å². The summed E-state index contributed by atoms with van der Waals surface area (Å²) in [5, 5.41) is 19.6. The molecule has 0 heterocycles. The summed E-state index contributed by atoms with van der Waals surface area (Å²) in [6.07, 6.45) is -0.477. The summed E-state index contributed by atoms with van der Waals surface area (Å²) in [7, 11) is 1.64. The minimum Gasteiger partial charge on any atom is -0.496 e. The summed E-state index contributed by atoms with van der Waals surface area (Å²) >= 11 is 0. The van der Waals surface area contributed by atoms with Crippen LogP contribution in [-0.4, -0.2) is 40.2 Å². The van der Waals surface area contributed by atoms with Gasteiger partial charge in [-0.3, -0.25) is 14.8 Å². The third kappa shape index (κ3) is 4.95. The second kappa shape index (κ2) is 10.5. The summed E-state index contributed by atoms with van der Waals surface area (Å²) in [5.74, 6) is -0.111. The fourth-order valence-corrected chi connectivity index (χ4v) is 4.56. The maximum atomic E-state index is 13.2. The van der Waals surface area contributed by atoms with Gasteiger partial charge in [-0.1, -0.05) is 66.7 Å². The fourth-order valence-electron chi connectivity index (χ4n) is 4.56. The molecule has 0 unspecified atom stereocenters. The average Bonchev–Trinajstić information content (AvgIpc) is 3.21. The first kappa shape index (κ1) is 23.5. The Labute approximate surface area is 198 Å². The Hall–Kier alpha value is -3.68. The van der Waals surface area contributed by atoms with Crippen LogP contribution in [0, 0.1) is 0 Å². The molecule has 0 aromatic heterocycles. The van der Waals surface area contributed by atoms with E-state index in [-0.39, 0.29) is 25.3 Å². The van der Waals surface area contributed by atoms with Crippen molar-refractivity contribution < 1.29 is 24.6 Å². The first-order valence-electron chi connectivity index (χ1n) is 11.2. The number of hydrogen-bond acceptors (Lipinski definition) is 5. The molecule has 1 aliphatic rings. The predicted octanol–water partition coefficient (Wildman–Crippen LogP) is 3.63.